The minimum Gasteiger partial charge on any atom is -0.351 e. The molecule has 0 atom stereocenters. The zero-order valence-corrected chi connectivity index (χ0v) is 14.7. The highest BCUT2D eigenvalue weighted by molar-refractivity contribution is 5.76. The Balaban J connectivity index is 1.55. The van der Waals surface area contributed by atoms with Crippen molar-refractivity contribution in [3.05, 3.63) is 0 Å². The SMILES string of the molecule is CC(C)(C)NC(=O)CCN1CCN(CCN2CCCC2)CC1. The van der Waals surface area contributed by atoms with Crippen molar-refractivity contribution in [1.82, 2.24) is 20.0 Å². The van der Waals surface area contributed by atoms with E-state index < -0.39 is 0 Å². The van der Waals surface area contributed by atoms with E-state index >= 15 is 0 Å². The predicted octanol–water partition coefficient (Wildman–Crippen LogP) is 1.00. The molecule has 0 radical (unpaired) electrons. The Morgan fingerprint density at radius 1 is 0.818 bits per heavy atom. The van der Waals surface area contributed by atoms with Crippen LogP contribution in [-0.2, 0) is 4.79 Å². The number of hydrogen-bond acceptors (Lipinski definition) is 4. The second-order valence-corrected chi connectivity index (χ2v) is 7.78. The Kier molecular flexibility index (Phi) is 6.66. The van der Waals surface area contributed by atoms with Crippen LogP contribution in [0.2, 0.25) is 0 Å². The average Bonchev–Trinajstić information content (AvgIpc) is 2.95. The summed E-state index contributed by atoms with van der Waals surface area (Å²) in [5, 5.41) is 3.04. The summed E-state index contributed by atoms with van der Waals surface area (Å²) in [5.41, 5.74) is -0.120. The van der Waals surface area contributed by atoms with E-state index in [-0.39, 0.29) is 11.4 Å². The summed E-state index contributed by atoms with van der Waals surface area (Å²) >= 11 is 0. The first-order valence-corrected chi connectivity index (χ1v) is 8.90. The number of likely N-dealkylation sites (tertiary alicyclic amines) is 1. The fourth-order valence-corrected chi connectivity index (χ4v) is 3.27. The van der Waals surface area contributed by atoms with Gasteiger partial charge in [0.15, 0.2) is 0 Å². The zero-order valence-electron chi connectivity index (χ0n) is 14.7. The van der Waals surface area contributed by atoms with Crippen molar-refractivity contribution < 1.29 is 4.79 Å². The summed E-state index contributed by atoms with van der Waals surface area (Å²) in [6.07, 6.45) is 3.37. The van der Waals surface area contributed by atoms with Crippen LogP contribution in [0.1, 0.15) is 40.0 Å². The summed E-state index contributed by atoms with van der Waals surface area (Å²) in [6, 6.07) is 0. The molecule has 0 unspecified atom stereocenters. The molecule has 0 aliphatic carbocycles. The Labute approximate surface area is 136 Å². The molecule has 0 bridgehead atoms. The van der Waals surface area contributed by atoms with Crippen LogP contribution in [0.3, 0.4) is 0 Å². The molecule has 22 heavy (non-hydrogen) atoms. The molecule has 0 aromatic heterocycles. The van der Waals surface area contributed by atoms with E-state index in [1.807, 2.05) is 20.8 Å². The maximum Gasteiger partial charge on any atom is 0.221 e. The first kappa shape index (κ1) is 17.7. The number of carbonyl (C=O) groups excluding carboxylic acids is 1. The fourth-order valence-electron chi connectivity index (χ4n) is 3.27. The lowest BCUT2D eigenvalue weighted by molar-refractivity contribution is -0.122. The van der Waals surface area contributed by atoms with E-state index in [0.29, 0.717) is 6.42 Å². The maximum absolute atomic E-state index is 11.9. The van der Waals surface area contributed by atoms with Crippen molar-refractivity contribution in [1.29, 1.82) is 0 Å². The lowest BCUT2D eigenvalue weighted by atomic mass is 10.1. The number of amides is 1. The first-order chi connectivity index (χ1) is 10.4. The number of nitrogens with zero attached hydrogens (tertiary/aromatic N) is 3. The molecule has 2 aliphatic rings. The second-order valence-electron chi connectivity index (χ2n) is 7.78. The molecule has 0 aromatic carbocycles. The molecular formula is C17H34N4O. The van der Waals surface area contributed by atoms with Gasteiger partial charge in [0, 0.05) is 57.8 Å². The standard InChI is InChI=1S/C17H34N4O/c1-17(2,3)18-16(22)6-9-20-11-14-21(15-12-20)13-10-19-7-4-5-8-19/h4-15H2,1-3H3,(H,18,22). The van der Waals surface area contributed by atoms with E-state index in [9.17, 15) is 4.79 Å². The summed E-state index contributed by atoms with van der Waals surface area (Å²) in [7, 11) is 0. The molecule has 5 nitrogen and oxygen atoms in total. The van der Waals surface area contributed by atoms with Crippen molar-refractivity contribution in [2.75, 3.05) is 58.9 Å². The van der Waals surface area contributed by atoms with Crippen LogP contribution in [0.4, 0.5) is 0 Å². The summed E-state index contributed by atoms with van der Waals surface area (Å²) in [5.74, 6) is 0.170. The van der Waals surface area contributed by atoms with Crippen LogP contribution >= 0.6 is 0 Å². The summed E-state index contributed by atoms with van der Waals surface area (Å²) in [6.45, 7) is 16.5. The highest BCUT2D eigenvalue weighted by atomic mass is 16.1. The van der Waals surface area contributed by atoms with Gasteiger partial charge >= 0.3 is 0 Å². The second kappa shape index (κ2) is 8.27. The number of piperazine rings is 1. The number of hydrogen-bond donors (Lipinski definition) is 1. The largest absolute Gasteiger partial charge is 0.351 e. The Morgan fingerprint density at radius 2 is 1.27 bits per heavy atom. The van der Waals surface area contributed by atoms with E-state index in [0.717, 1.165) is 32.7 Å². The van der Waals surface area contributed by atoms with Gasteiger partial charge in [-0.25, -0.2) is 0 Å². The van der Waals surface area contributed by atoms with Gasteiger partial charge in [0.25, 0.3) is 0 Å². The molecule has 2 saturated heterocycles. The first-order valence-electron chi connectivity index (χ1n) is 8.90. The highest BCUT2D eigenvalue weighted by Crippen LogP contribution is 2.08. The van der Waals surface area contributed by atoms with E-state index in [4.69, 9.17) is 0 Å². The van der Waals surface area contributed by atoms with Crippen molar-refractivity contribution >= 4 is 5.91 Å². The van der Waals surface area contributed by atoms with Gasteiger partial charge in [-0.1, -0.05) is 0 Å². The molecule has 0 aromatic rings. The molecule has 0 saturated carbocycles. The number of rotatable bonds is 6. The molecule has 1 amide bonds. The molecular weight excluding hydrogens is 276 g/mol. The molecule has 0 spiro atoms. The third-order valence-corrected chi connectivity index (χ3v) is 4.57. The topological polar surface area (TPSA) is 38.8 Å². The van der Waals surface area contributed by atoms with Crippen molar-refractivity contribution in [2.45, 2.75) is 45.6 Å². The molecule has 5 heteroatoms. The number of carbonyl (C=O) groups is 1. The molecule has 2 rings (SSSR count). The van der Waals surface area contributed by atoms with Gasteiger partial charge in [0.2, 0.25) is 5.91 Å². The Bertz CT molecular complexity index is 339. The minimum atomic E-state index is -0.120. The fraction of sp³-hybridized carbons (Fsp3) is 0.941. The monoisotopic (exact) mass is 310 g/mol. The average molecular weight is 310 g/mol. The quantitative estimate of drug-likeness (QED) is 0.794. The van der Waals surface area contributed by atoms with Crippen molar-refractivity contribution in [3.63, 3.8) is 0 Å². The minimum absolute atomic E-state index is 0.120. The highest BCUT2D eigenvalue weighted by Gasteiger charge is 2.20. The van der Waals surface area contributed by atoms with Crippen molar-refractivity contribution in [2.24, 2.45) is 0 Å². The third-order valence-electron chi connectivity index (χ3n) is 4.57. The molecule has 128 valence electrons. The van der Waals surface area contributed by atoms with Gasteiger partial charge < -0.3 is 15.1 Å². The van der Waals surface area contributed by atoms with Crippen LogP contribution in [-0.4, -0.2) is 85.0 Å². The van der Waals surface area contributed by atoms with Crippen LogP contribution in [0.5, 0.6) is 0 Å². The zero-order chi connectivity index (χ0) is 16.0. The predicted molar refractivity (Wildman–Crippen MR) is 91.1 cm³/mol. The van der Waals surface area contributed by atoms with Crippen LogP contribution in [0.15, 0.2) is 0 Å². The van der Waals surface area contributed by atoms with Crippen LogP contribution in [0, 0.1) is 0 Å². The van der Waals surface area contributed by atoms with E-state index in [2.05, 4.69) is 20.0 Å². The molecule has 1 N–H and O–H groups in total. The van der Waals surface area contributed by atoms with Gasteiger partial charge in [0.05, 0.1) is 0 Å². The van der Waals surface area contributed by atoms with Gasteiger partial charge in [-0.15, -0.1) is 0 Å². The van der Waals surface area contributed by atoms with E-state index in [1.54, 1.807) is 0 Å². The normalized spacial score (nSPS) is 22.1. The lowest BCUT2D eigenvalue weighted by Crippen LogP contribution is -2.49. The molecule has 2 heterocycles. The van der Waals surface area contributed by atoms with Gasteiger partial charge in [-0.3, -0.25) is 9.69 Å². The Morgan fingerprint density at radius 3 is 1.77 bits per heavy atom. The maximum atomic E-state index is 11.9. The van der Waals surface area contributed by atoms with Gasteiger partial charge in [-0.05, 0) is 46.7 Å². The lowest BCUT2D eigenvalue weighted by Gasteiger charge is -2.35. The van der Waals surface area contributed by atoms with Crippen LogP contribution < -0.4 is 5.32 Å². The molecule has 2 fully saturated rings. The van der Waals surface area contributed by atoms with Crippen molar-refractivity contribution in [3.8, 4) is 0 Å². The summed E-state index contributed by atoms with van der Waals surface area (Å²) in [4.78, 5) is 19.4. The smallest absolute Gasteiger partial charge is 0.221 e. The Hall–Kier alpha value is -0.650. The summed E-state index contributed by atoms with van der Waals surface area (Å²) < 4.78 is 0. The number of nitrogens with one attached hydrogen (secondary N) is 1. The molecule has 2 aliphatic heterocycles. The van der Waals surface area contributed by atoms with E-state index in [1.165, 1.54) is 39.0 Å². The van der Waals surface area contributed by atoms with Gasteiger partial charge in [-0.2, -0.15) is 0 Å². The van der Waals surface area contributed by atoms with Crippen LogP contribution in [0.25, 0.3) is 0 Å². The third kappa shape index (κ3) is 6.63. The van der Waals surface area contributed by atoms with Gasteiger partial charge in [0.1, 0.15) is 0 Å².